The zero-order valence-corrected chi connectivity index (χ0v) is 11.3. The highest BCUT2D eigenvalue weighted by molar-refractivity contribution is 5.71. The van der Waals surface area contributed by atoms with Crippen LogP contribution in [0.3, 0.4) is 0 Å². The molecule has 0 atom stereocenters. The lowest BCUT2D eigenvalue weighted by molar-refractivity contribution is -0.144. The fourth-order valence-electron chi connectivity index (χ4n) is 1.54. The molecule has 0 radical (unpaired) electrons. The van der Waals surface area contributed by atoms with Crippen molar-refractivity contribution >= 4 is 5.97 Å². The number of esters is 1. The number of hydrogen-bond acceptors (Lipinski definition) is 6. The van der Waals surface area contributed by atoms with E-state index in [1.165, 1.54) is 0 Å². The van der Waals surface area contributed by atoms with Crippen LogP contribution >= 0.6 is 0 Å². The average molecular weight is 255 g/mol. The van der Waals surface area contributed by atoms with Gasteiger partial charge in [-0.1, -0.05) is 19.0 Å². The Bertz CT molecular complexity index is 365. The van der Waals surface area contributed by atoms with Crippen molar-refractivity contribution in [1.29, 1.82) is 0 Å². The molecule has 0 unspecified atom stereocenters. The van der Waals surface area contributed by atoms with Crippen LogP contribution in [-0.2, 0) is 22.5 Å². The molecule has 6 heteroatoms. The van der Waals surface area contributed by atoms with E-state index < -0.39 is 0 Å². The zero-order chi connectivity index (χ0) is 13.4. The van der Waals surface area contributed by atoms with Crippen LogP contribution in [0.4, 0.5) is 0 Å². The molecule has 0 fully saturated rings. The molecular formula is C12H21N3O3. The number of carbonyl (C=O) groups is 1. The van der Waals surface area contributed by atoms with Crippen molar-refractivity contribution in [2.45, 2.75) is 40.2 Å². The second-order valence-corrected chi connectivity index (χ2v) is 3.96. The van der Waals surface area contributed by atoms with Crippen LogP contribution in [0.25, 0.3) is 0 Å². The van der Waals surface area contributed by atoms with Gasteiger partial charge in [-0.2, -0.15) is 4.98 Å². The van der Waals surface area contributed by atoms with Crippen LogP contribution < -0.4 is 0 Å². The Morgan fingerprint density at radius 1 is 1.39 bits per heavy atom. The van der Waals surface area contributed by atoms with Crippen LogP contribution in [0.2, 0.25) is 0 Å². The molecule has 0 spiro atoms. The van der Waals surface area contributed by atoms with E-state index in [-0.39, 0.29) is 12.5 Å². The van der Waals surface area contributed by atoms with Gasteiger partial charge in [-0.15, -0.1) is 0 Å². The second kappa shape index (κ2) is 7.81. The number of nitrogens with zero attached hydrogens (tertiary/aromatic N) is 3. The summed E-state index contributed by atoms with van der Waals surface area (Å²) in [5.41, 5.74) is 0. The molecule has 0 aliphatic carbocycles. The number of likely N-dealkylation sites (N-methyl/N-ethyl adjacent to an activating group) is 1. The Morgan fingerprint density at radius 2 is 2.17 bits per heavy atom. The van der Waals surface area contributed by atoms with Gasteiger partial charge in [0, 0.05) is 6.42 Å². The van der Waals surface area contributed by atoms with Gasteiger partial charge in [0.2, 0.25) is 5.89 Å². The normalized spacial score (nSPS) is 10.9. The summed E-state index contributed by atoms with van der Waals surface area (Å²) in [6.07, 6.45) is 1.76. The van der Waals surface area contributed by atoms with Crippen molar-refractivity contribution in [2.24, 2.45) is 0 Å². The molecule has 1 rings (SSSR count). The Hall–Kier alpha value is -1.43. The van der Waals surface area contributed by atoms with Crippen LogP contribution in [0.5, 0.6) is 0 Å². The van der Waals surface area contributed by atoms with Crippen LogP contribution in [0, 0.1) is 0 Å². The first-order valence-corrected chi connectivity index (χ1v) is 6.39. The monoisotopic (exact) mass is 255 g/mol. The third-order valence-electron chi connectivity index (χ3n) is 2.44. The third-order valence-corrected chi connectivity index (χ3v) is 2.44. The summed E-state index contributed by atoms with van der Waals surface area (Å²) in [6, 6.07) is 0. The summed E-state index contributed by atoms with van der Waals surface area (Å²) in [5.74, 6) is 1.04. The molecule has 0 aliphatic rings. The third kappa shape index (κ3) is 4.83. The SMILES string of the molecule is CCCc1nc(CN(CC)CC(=O)OCC)no1. The maximum Gasteiger partial charge on any atom is 0.320 e. The lowest BCUT2D eigenvalue weighted by atomic mass is 10.3. The smallest absolute Gasteiger partial charge is 0.320 e. The highest BCUT2D eigenvalue weighted by Crippen LogP contribution is 2.04. The van der Waals surface area contributed by atoms with E-state index in [9.17, 15) is 4.79 Å². The molecule has 0 aliphatic heterocycles. The summed E-state index contributed by atoms with van der Waals surface area (Å²) in [6.45, 7) is 7.72. The molecule has 6 nitrogen and oxygen atoms in total. The molecule has 0 amide bonds. The lowest BCUT2D eigenvalue weighted by Crippen LogP contribution is -2.30. The van der Waals surface area contributed by atoms with Gasteiger partial charge in [0.15, 0.2) is 5.82 Å². The van der Waals surface area contributed by atoms with Crippen LogP contribution in [-0.4, -0.2) is 40.7 Å². The number of aromatic nitrogens is 2. The topological polar surface area (TPSA) is 68.5 Å². The average Bonchev–Trinajstić information content (AvgIpc) is 2.76. The van der Waals surface area contributed by atoms with Gasteiger partial charge in [0.25, 0.3) is 0 Å². The molecule has 1 heterocycles. The number of rotatable bonds is 8. The summed E-state index contributed by atoms with van der Waals surface area (Å²) in [5, 5.41) is 3.90. The molecule has 18 heavy (non-hydrogen) atoms. The van der Waals surface area contributed by atoms with Crippen molar-refractivity contribution in [3.05, 3.63) is 11.7 Å². The molecule has 0 aromatic carbocycles. The fraction of sp³-hybridized carbons (Fsp3) is 0.750. The van der Waals surface area contributed by atoms with Gasteiger partial charge in [-0.05, 0) is 19.9 Å². The first-order chi connectivity index (χ1) is 8.69. The van der Waals surface area contributed by atoms with Crippen molar-refractivity contribution in [3.63, 3.8) is 0 Å². The molecule has 0 bridgehead atoms. The standard InChI is InChI=1S/C12H21N3O3/c1-4-7-11-13-10(14-18-11)8-15(5-2)9-12(16)17-6-3/h4-9H2,1-3H3. The molecule has 1 aromatic heterocycles. The summed E-state index contributed by atoms with van der Waals surface area (Å²) < 4.78 is 10.0. The van der Waals surface area contributed by atoms with Crippen molar-refractivity contribution in [2.75, 3.05) is 19.7 Å². The Kier molecular flexibility index (Phi) is 6.35. The quantitative estimate of drug-likeness (QED) is 0.654. The van der Waals surface area contributed by atoms with E-state index in [2.05, 4.69) is 17.1 Å². The van der Waals surface area contributed by atoms with Crippen LogP contribution in [0.1, 0.15) is 38.9 Å². The maximum atomic E-state index is 11.4. The number of hydrogen-bond donors (Lipinski definition) is 0. The van der Waals surface area contributed by atoms with Gasteiger partial charge in [-0.3, -0.25) is 9.69 Å². The predicted octanol–water partition coefficient (Wildman–Crippen LogP) is 1.41. The Morgan fingerprint density at radius 3 is 2.78 bits per heavy atom. The van der Waals surface area contributed by atoms with Gasteiger partial charge < -0.3 is 9.26 Å². The summed E-state index contributed by atoms with van der Waals surface area (Å²) in [7, 11) is 0. The fourth-order valence-corrected chi connectivity index (χ4v) is 1.54. The molecule has 0 N–H and O–H groups in total. The van der Waals surface area contributed by atoms with E-state index in [0.29, 0.717) is 24.9 Å². The predicted molar refractivity (Wildman–Crippen MR) is 65.9 cm³/mol. The van der Waals surface area contributed by atoms with E-state index in [1.54, 1.807) is 6.92 Å². The Labute approximate surface area is 107 Å². The first-order valence-electron chi connectivity index (χ1n) is 6.39. The number of aryl methyl sites for hydroxylation is 1. The van der Waals surface area contributed by atoms with Gasteiger partial charge in [0.05, 0.1) is 19.7 Å². The number of carbonyl (C=O) groups excluding carboxylic acids is 1. The van der Waals surface area contributed by atoms with Gasteiger partial charge in [-0.25, -0.2) is 0 Å². The molecular weight excluding hydrogens is 234 g/mol. The van der Waals surface area contributed by atoms with E-state index in [0.717, 1.165) is 19.4 Å². The summed E-state index contributed by atoms with van der Waals surface area (Å²) >= 11 is 0. The minimum Gasteiger partial charge on any atom is -0.465 e. The minimum atomic E-state index is -0.225. The van der Waals surface area contributed by atoms with Crippen molar-refractivity contribution < 1.29 is 14.1 Å². The van der Waals surface area contributed by atoms with E-state index in [4.69, 9.17) is 9.26 Å². The van der Waals surface area contributed by atoms with Crippen LogP contribution in [0.15, 0.2) is 4.52 Å². The molecule has 0 saturated heterocycles. The highest BCUT2D eigenvalue weighted by Gasteiger charge is 2.13. The number of ether oxygens (including phenoxy) is 1. The van der Waals surface area contributed by atoms with Crippen molar-refractivity contribution in [1.82, 2.24) is 15.0 Å². The molecule has 0 saturated carbocycles. The van der Waals surface area contributed by atoms with Gasteiger partial charge in [0.1, 0.15) is 0 Å². The molecule has 1 aromatic rings. The lowest BCUT2D eigenvalue weighted by Gasteiger charge is -2.16. The minimum absolute atomic E-state index is 0.225. The second-order valence-electron chi connectivity index (χ2n) is 3.96. The van der Waals surface area contributed by atoms with Gasteiger partial charge >= 0.3 is 5.97 Å². The summed E-state index contributed by atoms with van der Waals surface area (Å²) in [4.78, 5) is 17.6. The first kappa shape index (κ1) is 14.6. The highest BCUT2D eigenvalue weighted by atomic mass is 16.5. The zero-order valence-electron chi connectivity index (χ0n) is 11.3. The molecule has 102 valence electrons. The maximum absolute atomic E-state index is 11.4. The largest absolute Gasteiger partial charge is 0.465 e. The Balaban J connectivity index is 2.48. The van der Waals surface area contributed by atoms with Crippen molar-refractivity contribution in [3.8, 4) is 0 Å². The van der Waals surface area contributed by atoms with E-state index in [1.807, 2.05) is 11.8 Å². The van der Waals surface area contributed by atoms with E-state index >= 15 is 0 Å².